The Bertz CT molecular complexity index is 883. The molecule has 4 rings (SSSR count). The number of halogens is 2. The van der Waals surface area contributed by atoms with E-state index in [0.29, 0.717) is 28.8 Å². The van der Waals surface area contributed by atoms with E-state index < -0.39 is 12.2 Å². The molecule has 0 aromatic heterocycles. The Hall–Kier alpha value is -1.50. The zero-order valence-corrected chi connectivity index (χ0v) is 17.8. The second-order valence-corrected chi connectivity index (χ2v) is 8.71. The summed E-state index contributed by atoms with van der Waals surface area (Å²) in [5, 5.41) is 22.2. The van der Waals surface area contributed by atoms with E-state index in [9.17, 15) is 10.2 Å². The second kappa shape index (κ2) is 8.32. The summed E-state index contributed by atoms with van der Waals surface area (Å²) < 4.78 is 11.7. The molecule has 7 heteroatoms. The van der Waals surface area contributed by atoms with Gasteiger partial charge in [0.05, 0.1) is 29.4 Å². The third-order valence-corrected chi connectivity index (χ3v) is 6.74. The van der Waals surface area contributed by atoms with E-state index in [2.05, 4.69) is 4.90 Å². The Kier molecular flexibility index (Phi) is 5.96. The summed E-state index contributed by atoms with van der Waals surface area (Å²) in [5.41, 5.74) is 1.18. The van der Waals surface area contributed by atoms with Crippen molar-refractivity contribution in [3.63, 3.8) is 0 Å². The normalized spacial score (nSPS) is 22.0. The van der Waals surface area contributed by atoms with Crippen LogP contribution in [0.4, 0.5) is 0 Å². The van der Waals surface area contributed by atoms with Gasteiger partial charge in [-0.15, -0.1) is 0 Å². The number of hydrogen-bond donors (Lipinski definition) is 2. The quantitative estimate of drug-likeness (QED) is 0.742. The third-order valence-electron chi connectivity index (χ3n) is 6.00. The van der Waals surface area contributed by atoms with E-state index in [1.165, 1.54) is 0 Å². The molecule has 2 aromatic carbocycles. The van der Waals surface area contributed by atoms with E-state index in [4.69, 9.17) is 32.7 Å². The zero-order chi connectivity index (χ0) is 20.6. The number of β-amino-alcohol motifs (C(OH)–C–C–N with tert-alkyl or cyclic N) is 1. The number of likely N-dealkylation sites (tertiary alicyclic amines) is 1. The van der Waals surface area contributed by atoms with Crippen molar-refractivity contribution in [3.05, 3.63) is 57.6 Å². The van der Waals surface area contributed by atoms with Gasteiger partial charge in [0.1, 0.15) is 17.1 Å². The SMILES string of the molecule is COc1ccc2c(c1)OC1(CCN(C[C@H](O)c3ccc(Cl)c(Cl)c3)CC1)C[C@H]2O. The standard InChI is InChI=1S/C22H25Cl2NO4/c1-28-15-3-4-16-19(26)12-22(29-21(16)11-15)6-8-25(9-7-22)13-20(27)14-2-5-17(23)18(24)10-14/h2-5,10-11,19-20,26-27H,6-9,12-13H2,1H3/t19-,20+/m1/s1. The molecule has 2 atom stereocenters. The summed E-state index contributed by atoms with van der Waals surface area (Å²) in [4.78, 5) is 2.22. The van der Waals surface area contributed by atoms with E-state index >= 15 is 0 Å². The summed E-state index contributed by atoms with van der Waals surface area (Å²) in [7, 11) is 1.62. The molecule has 1 spiro atoms. The average Bonchev–Trinajstić information content (AvgIpc) is 2.71. The Morgan fingerprint density at radius 2 is 1.93 bits per heavy atom. The van der Waals surface area contributed by atoms with E-state index in [-0.39, 0.29) is 5.60 Å². The van der Waals surface area contributed by atoms with Gasteiger partial charge in [0.25, 0.3) is 0 Å². The molecule has 0 saturated carbocycles. The molecule has 1 fully saturated rings. The van der Waals surface area contributed by atoms with Crippen molar-refractivity contribution >= 4 is 23.2 Å². The van der Waals surface area contributed by atoms with Crippen LogP contribution in [-0.2, 0) is 0 Å². The molecule has 0 amide bonds. The van der Waals surface area contributed by atoms with Gasteiger partial charge in [-0.3, -0.25) is 0 Å². The minimum atomic E-state index is -0.637. The molecule has 156 valence electrons. The predicted octanol–water partition coefficient (Wildman–Crippen LogP) is 4.39. The monoisotopic (exact) mass is 437 g/mol. The smallest absolute Gasteiger partial charge is 0.129 e. The predicted molar refractivity (Wildman–Crippen MR) is 113 cm³/mol. The minimum absolute atomic E-state index is 0.385. The van der Waals surface area contributed by atoms with Crippen LogP contribution in [0.3, 0.4) is 0 Å². The molecule has 0 radical (unpaired) electrons. The Labute approximate surface area is 180 Å². The van der Waals surface area contributed by atoms with Crippen LogP contribution >= 0.6 is 23.2 Å². The van der Waals surface area contributed by atoms with Gasteiger partial charge < -0.3 is 24.6 Å². The fourth-order valence-corrected chi connectivity index (χ4v) is 4.57. The molecule has 2 aliphatic heterocycles. The molecule has 5 nitrogen and oxygen atoms in total. The maximum atomic E-state index is 10.7. The number of methoxy groups -OCH3 is 1. The van der Waals surface area contributed by atoms with Gasteiger partial charge in [0, 0.05) is 37.7 Å². The molecule has 29 heavy (non-hydrogen) atoms. The topological polar surface area (TPSA) is 62.2 Å². The van der Waals surface area contributed by atoms with Gasteiger partial charge >= 0.3 is 0 Å². The van der Waals surface area contributed by atoms with Gasteiger partial charge in [-0.25, -0.2) is 0 Å². The Morgan fingerprint density at radius 3 is 2.62 bits per heavy atom. The molecular weight excluding hydrogens is 413 g/mol. The van der Waals surface area contributed by atoms with Crippen molar-refractivity contribution in [1.82, 2.24) is 4.90 Å². The van der Waals surface area contributed by atoms with Crippen molar-refractivity contribution in [2.24, 2.45) is 0 Å². The summed E-state index contributed by atoms with van der Waals surface area (Å²) in [5.74, 6) is 1.42. The largest absolute Gasteiger partial charge is 0.497 e. The lowest BCUT2D eigenvalue weighted by Gasteiger charge is -2.46. The second-order valence-electron chi connectivity index (χ2n) is 7.90. The number of fused-ring (bicyclic) bond motifs is 1. The van der Waals surface area contributed by atoms with Crippen LogP contribution in [0.2, 0.25) is 10.0 Å². The van der Waals surface area contributed by atoms with Crippen LogP contribution < -0.4 is 9.47 Å². The lowest BCUT2D eigenvalue weighted by Crippen LogP contribution is -2.51. The van der Waals surface area contributed by atoms with Crippen LogP contribution in [0.1, 0.15) is 42.6 Å². The molecule has 2 aromatic rings. The summed E-state index contributed by atoms with van der Waals surface area (Å²) in [6.45, 7) is 2.08. The maximum Gasteiger partial charge on any atom is 0.129 e. The molecule has 0 aliphatic carbocycles. The average molecular weight is 438 g/mol. The first-order chi connectivity index (χ1) is 13.9. The van der Waals surface area contributed by atoms with Gasteiger partial charge in [-0.1, -0.05) is 29.3 Å². The zero-order valence-electron chi connectivity index (χ0n) is 16.3. The molecular formula is C22H25Cl2NO4. The van der Waals surface area contributed by atoms with Crippen molar-refractivity contribution in [2.45, 2.75) is 37.1 Å². The van der Waals surface area contributed by atoms with Crippen LogP contribution in [0.25, 0.3) is 0 Å². The number of ether oxygens (including phenoxy) is 2. The lowest BCUT2D eigenvalue weighted by atomic mass is 9.81. The van der Waals surface area contributed by atoms with E-state index in [1.807, 2.05) is 18.2 Å². The fourth-order valence-electron chi connectivity index (χ4n) is 4.26. The third kappa shape index (κ3) is 4.35. The summed E-state index contributed by atoms with van der Waals surface area (Å²) in [6, 6.07) is 10.8. The summed E-state index contributed by atoms with van der Waals surface area (Å²) >= 11 is 12.0. The van der Waals surface area contributed by atoms with Crippen LogP contribution in [0.15, 0.2) is 36.4 Å². The Morgan fingerprint density at radius 1 is 1.17 bits per heavy atom. The first-order valence-corrected chi connectivity index (χ1v) is 10.6. The Balaban J connectivity index is 1.40. The molecule has 0 bridgehead atoms. The number of aliphatic hydroxyl groups is 2. The molecule has 2 heterocycles. The van der Waals surface area contributed by atoms with Crippen LogP contribution in [0.5, 0.6) is 11.5 Å². The highest BCUT2D eigenvalue weighted by Crippen LogP contribution is 2.45. The maximum absolute atomic E-state index is 10.7. The molecule has 2 aliphatic rings. The first kappa shape index (κ1) is 20.8. The molecule has 1 saturated heterocycles. The number of nitrogens with zero attached hydrogens (tertiary/aromatic N) is 1. The number of piperidine rings is 1. The number of benzene rings is 2. The van der Waals surface area contributed by atoms with Crippen molar-refractivity contribution in [3.8, 4) is 11.5 Å². The number of rotatable bonds is 4. The van der Waals surface area contributed by atoms with Crippen molar-refractivity contribution in [1.29, 1.82) is 0 Å². The van der Waals surface area contributed by atoms with Gasteiger partial charge in [-0.05, 0) is 42.7 Å². The fraction of sp³-hybridized carbons (Fsp3) is 0.455. The van der Waals surface area contributed by atoms with E-state index in [0.717, 1.165) is 42.8 Å². The first-order valence-electron chi connectivity index (χ1n) is 9.79. The van der Waals surface area contributed by atoms with Crippen LogP contribution in [-0.4, -0.2) is 47.5 Å². The molecule has 0 unspecified atom stereocenters. The number of hydrogen-bond acceptors (Lipinski definition) is 5. The van der Waals surface area contributed by atoms with Gasteiger partial charge in [-0.2, -0.15) is 0 Å². The number of aliphatic hydroxyl groups excluding tert-OH is 2. The van der Waals surface area contributed by atoms with Crippen LogP contribution in [0, 0.1) is 0 Å². The minimum Gasteiger partial charge on any atom is -0.497 e. The highest BCUT2D eigenvalue weighted by atomic mass is 35.5. The highest BCUT2D eigenvalue weighted by molar-refractivity contribution is 6.42. The van der Waals surface area contributed by atoms with Crippen molar-refractivity contribution in [2.75, 3.05) is 26.7 Å². The van der Waals surface area contributed by atoms with Gasteiger partial charge in [0.2, 0.25) is 0 Å². The lowest BCUT2D eigenvalue weighted by molar-refractivity contribution is -0.0588. The highest BCUT2D eigenvalue weighted by Gasteiger charge is 2.43. The van der Waals surface area contributed by atoms with Crippen molar-refractivity contribution < 1.29 is 19.7 Å². The molecule has 2 N–H and O–H groups in total. The van der Waals surface area contributed by atoms with Gasteiger partial charge in [0.15, 0.2) is 0 Å². The van der Waals surface area contributed by atoms with E-state index in [1.54, 1.807) is 25.3 Å². The summed E-state index contributed by atoms with van der Waals surface area (Å²) in [6.07, 6.45) is 0.971.